The van der Waals surface area contributed by atoms with E-state index in [1.807, 2.05) is 20.8 Å². The lowest BCUT2D eigenvalue weighted by Crippen LogP contribution is -2.48. The van der Waals surface area contributed by atoms with Crippen LogP contribution in [0, 0.1) is 6.92 Å². The van der Waals surface area contributed by atoms with E-state index in [1.54, 1.807) is 12.1 Å². The monoisotopic (exact) mass is 353 g/mol. The number of benzene rings is 1. The third-order valence-corrected chi connectivity index (χ3v) is 6.18. The van der Waals surface area contributed by atoms with Crippen molar-refractivity contribution in [2.45, 2.75) is 38.6 Å². The van der Waals surface area contributed by atoms with Crippen LogP contribution < -0.4 is 5.32 Å². The Kier molecular flexibility index (Phi) is 6.01. The van der Waals surface area contributed by atoms with Crippen molar-refractivity contribution in [2.75, 3.05) is 32.7 Å². The van der Waals surface area contributed by atoms with Crippen molar-refractivity contribution in [3.8, 4) is 0 Å². The second kappa shape index (κ2) is 7.63. The molecule has 1 heterocycles. The molecule has 7 heteroatoms. The van der Waals surface area contributed by atoms with Crippen LogP contribution in [0.3, 0.4) is 0 Å². The number of carbonyl (C=O) groups excluding carboxylic acids is 1. The molecule has 1 saturated heterocycles. The van der Waals surface area contributed by atoms with Gasteiger partial charge in [-0.05, 0) is 45.0 Å². The van der Waals surface area contributed by atoms with Crippen LogP contribution >= 0.6 is 0 Å². The van der Waals surface area contributed by atoms with Gasteiger partial charge in [0.1, 0.15) is 0 Å². The fraction of sp³-hybridized carbons (Fsp3) is 0.588. The number of likely N-dealkylation sites (N-methyl/N-ethyl adjacent to an activating group) is 1. The zero-order valence-corrected chi connectivity index (χ0v) is 15.7. The fourth-order valence-corrected chi connectivity index (χ4v) is 4.23. The van der Waals surface area contributed by atoms with Gasteiger partial charge in [0.05, 0.1) is 4.90 Å². The van der Waals surface area contributed by atoms with E-state index in [2.05, 4.69) is 17.1 Å². The Morgan fingerprint density at radius 3 is 2.38 bits per heavy atom. The Morgan fingerprint density at radius 2 is 1.83 bits per heavy atom. The van der Waals surface area contributed by atoms with Crippen molar-refractivity contribution >= 4 is 15.9 Å². The van der Waals surface area contributed by atoms with Crippen molar-refractivity contribution < 1.29 is 13.2 Å². The van der Waals surface area contributed by atoms with Crippen LogP contribution in [0.1, 0.15) is 36.7 Å². The van der Waals surface area contributed by atoms with Crippen LogP contribution in [0.25, 0.3) is 0 Å². The first-order chi connectivity index (χ1) is 11.3. The topological polar surface area (TPSA) is 69.7 Å². The lowest BCUT2D eigenvalue weighted by molar-refractivity contribution is 0.0942. The van der Waals surface area contributed by atoms with Crippen LogP contribution in [-0.4, -0.2) is 62.3 Å². The molecule has 0 radical (unpaired) electrons. The molecule has 0 aromatic heterocycles. The number of piperazine rings is 1. The summed E-state index contributed by atoms with van der Waals surface area (Å²) in [5.41, 5.74) is 1.18. The van der Waals surface area contributed by atoms with E-state index < -0.39 is 10.0 Å². The van der Waals surface area contributed by atoms with Gasteiger partial charge in [0.15, 0.2) is 0 Å². The SMILES string of the molecule is CCN1CCN(S(=O)(=O)c2ccc(C)c(C(=O)NC(C)C)c2)CC1. The predicted octanol–water partition coefficient (Wildman–Crippen LogP) is 1.46. The molecule has 1 aliphatic heterocycles. The highest BCUT2D eigenvalue weighted by atomic mass is 32.2. The maximum absolute atomic E-state index is 12.9. The van der Waals surface area contributed by atoms with Crippen molar-refractivity contribution in [3.63, 3.8) is 0 Å². The zero-order chi connectivity index (χ0) is 17.9. The van der Waals surface area contributed by atoms with Gasteiger partial charge in [-0.15, -0.1) is 0 Å². The minimum Gasteiger partial charge on any atom is -0.350 e. The molecule has 0 atom stereocenters. The van der Waals surface area contributed by atoms with Gasteiger partial charge in [0.2, 0.25) is 10.0 Å². The molecule has 1 fully saturated rings. The highest BCUT2D eigenvalue weighted by Gasteiger charge is 2.28. The Hall–Kier alpha value is -1.44. The standard InChI is InChI=1S/C17H27N3O3S/c1-5-19-8-10-20(11-9-19)24(22,23)15-7-6-14(4)16(12-15)17(21)18-13(2)3/h6-7,12-13H,5,8-11H2,1-4H3,(H,18,21). The quantitative estimate of drug-likeness (QED) is 0.870. The smallest absolute Gasteiger partial charge is 0.251 e. The lowest BCUT2D eigenvalue weighted by Gasteiger charge is -2.33. The molecule has 0 aliphatic carbocycles. The van der Waals surface area contributed by atoms with Gasteiger partial charge >= 0.3 is 0 Å². The highest BCUT2D eigenvalue weighted by Crippen LogP contribution is 2.21. The first-order valence-electron chi connectivity index (χ1n) is 8.39. The van der Waals surface area contributed by atoms with Crippen molar-refractivity contribution in [2.24, 2.45) is 0 Å². The van der Waals surface area contributed by atoms with Gasteiger partial charge in [0, 0.05) is 37.8 Å². The minimum absolute atomic E-state index is 0.000662. The normalized spacial score (nSPS) is 17.2. The van der Waals surface area contributed by atoms with Gasteiger partial charge < -0.3 is 10.2 Å². The summed E-state index contributed by atoms with van der Waals surface area (Å²) in [4.78, 5) is 14.7. The molecule has 6 nitrogen and oxygen atoms in total. The molecule has 0 saturated carbocycles. The van der Waals surface area contributed by atoms with E-state index >= 15 is 0 Å². The van der Waals surface area contributed by atoms with E-state index in [0.29, 0.717) is 18.7 Å². The Balaban J connectivity index is 2.26. The molecule has 134 valence electrons. The number of hydrogen-bond donors (Lipinski definition) is 1. The van der Waals surface area contributed by atoms with Gasteiger partial charge in [-0.3, -0.25) is 4.79 Å². The zero-order valence-electron chi connectivity index (χ0n) is 14.9. The van der Waals surface area contributed by atoms with Gasteiger partial charge in [0.25, 0.3) is 5.91 Å². The Morgan fingerprint density at radius 1 is 1.21 bits per heavy atom. The van der Waals surface area contributed by atoms with E-state index in [9.17, 15) is 13.2 Å². The number of nitrogens with one attached hydrogen (secondary N) is 1. The maximum Gasteiger partial charge on any atom is 0.251 e. The Bertz CT molecular complexity index is 693. The molecule has 1 aromatic carbocycles. The van der Waals surface area contributed by atoms with E-state index in [1.165, 1.54) is 10.4 Å². The second-order valence-electron chi connectivity index (χ2n) is 6.44. The number of sulfonamides is 1. The summed E-state index contributed by atoms with van der Waals surface area (Å²) in [5, 5.41) is 2.82. The van der Waals surface area contributed by atoms with Crippen LogP contribution in [-0.2, 0) is 10.0 Å². The molecule has 1 N–H and O–H groups in total. The summed E-state index contributed by atoms with van der Waals surface area (Å²) in [6, 6.07) is 4.78. The molecule has 1 aliphatic rings. The highest BCUT2D eigenvalue weighted by molar-refractivity contribution is 7.89. The summed E-state index contributed by atoms with van der Waals surface area (Å²) in [6.45, 7) is 11.0. The molecule has 1 amide bonds. The molecule has 2 rings (SSSR count). The van der Waals surface area contributed by atoms with E-state index in [-0.39, 0.29) is 16.8 Å². The molecular formula is C17H27N3O3S. The van der Waals surface area contributed by atoms with Crippen molar-refractivity contribution in [1.29, 1.82) is 0 Å². The number of nitrogens with zero attached hydrogens (tertiary/aromatic N) is 2. The molecule has 0 unspecified atom stereocenters. The summed E-state index contributed by atoms with van der Waals surface area (Å²) >= 11 is 0. The molecule has 0 spiro atoms. The molecule has 0 bridgehead atoms. The van der Waals surface area contributed by atoms with Crippen molar-refractivity contribution in [1.82, 2.24) is 14.5 Å². The molecule has 1 aromatic rings. The first kappa shape index (κ1) is 18.9. The number of rotatable bonds is 5. The average molecular weight is 353 g/mol. The predicted molar refractivity (Wildman–Crippen MR) is 94.7 cm³/mol. The van der Waals surface area contributed by atoms with Crippen LogP contribution in [0.15, 0.2) is 23.1 Å². The van der Waals surface area contributed by atoms with Crippen LogP contribution in [0.4, 0.5) is 0 Å². The second-order valence-corrected chi connectivity index (χ2v) is 8.38. The summed E-state index contributed by atoms with van der Waals surface area (Å²) < 4.78 is 27.2. The van der Waals surface area contributed by atoms with Gasteiger partial charge in [-0.2, -0.15) is 4.31 Å². The first-order valence-corrected chi connectivity index (χ1v) is 9.83. The van der Waals surface area contributed by atoms with Gasteiger partial charge in [-0.25, -0.2) is 8.42 Å². The third kappa shape index (κ3) is 4.15. The summed E-state index contributed by atoms with van der Waals surface area (Å²) in [5.74, 6) is -0.240. The number of hydrogen-bond acceptors (Lipinski definition) is 4. The van der Waals surface area contributed by atoms with E-state index in [4.69, 9.17) is 0 Å². The van der Waals surface area contributed by atoms with Crippen LogP contribution in [0.5, 0.6) is 0 Å². The molecular weight excluding hydrogens is 326 g/mol. The lowest BCUT2D eigenvalue weighted by atomic mass is 10.1. The fourth-order valence-electron chi connectivity index (χ4n) is 2.78. The molecule has 24 heavy (non-hydrogen) atoms. The summed E-state index contributed by atoms with van der Waals surface area (Å²) in [7, 11) is -3.57. The van der Waals surface area contributed by atoms with Crippen LogP contribution in [0.2, 0.25) is 0 Å². The summed E-state index contributed by atoms with van der Waals surface area (Å²) in [6.07, 6.45) is 0. The maximum atomic E-state index is 12.9. The third-order valence-electron chi connectivity index (χ3n) is 4.29. The van der Waals surface area contributed by atoms with Gasteiger partial charge in [-0.1, -0.05) is 13.0 Å². The van der Waals surface area contributed by atoms with E-state index in [0.717, 1.165) is 25.2 Å². The van der Waals surface area contributed by atoms with Crippen molar-refractivity contribution in [3.05, 3.63) is 29.3 Å². The Labute approximate surface area is 144 Å². The number of aryl methyl sites for hydroxylation is 1. The average Bonchev–Trinajstić information content (AvgIpc) is 2.54. The number of amides is 1. The minimum atomic E-state index is -3.57. The largest absolute Gasteiger partial charge is 0.350 e. The number of carbonyl (C=O) groups is 1.